The highest BCUT2D eigenvalue weighted by molar-refractivity contribution is 7.11. The summed E-state index contributed by atoms with van der Waals surface area (Å²) in [6, 6.07) is 1.90. The van der Waals surface area contributed by atoms with Crippen LogP contribution < -0.4 is 5.32 Å². The third-order valence-corrected chi connectivity index (χ3v) is 4.53. The largest absolute Gasteiger partial charge is 0.344 e. The second kappa shape index (κ2) is 7.05. The molecule has 0 aliphatic carbocycles. The van der Waals surface area contributed by atoms with Crippen LogP contribution in [0, 0.1) is 19.8 Å². The molecule has 0 unspecified atom stereocenters. The van der Waals surface area contributed by atoms with E-state index >= 15 is 0 Å². The molecule has 0 aromatic carbocycles. The van der Waals surface area contributed by atoms with Gasteiger partial charge in [0.1, 0.15) is 10.7 Å². The molecule has 2 rings (SSSR count). The number of carbonyl (C=O) groups excluding carboxylic acids is 1. The second-order valence-electron chi connectivity index (χ2n) is 5.87. The van der Waals surface area contributed by atoms with E-state index in [0.717, 1.165) is 22.8 Å². The van der Waals surface area contributed by atoms with Gasteiger partial charge >= 0.3 is 0 Å². The van der Waals surface area contributed by atoms with Gasteiger partial charge in [0.15, 0.2) is 0 Å². The van der Waals surface area contributed by atoms with Crippen molar-refractivity contribution in [3.8, 4) is 0 Å². The number of nitrogens with one attached hydrogen (secondary N) is 1. The van der Waals surface area contributed by atoms with Gasteiger partial charge in [-0.3, -0.25) is 9.48 Å². The topological polar surface area (TPSA) is 59.8 Å². The van der Waals surface area contributed by atoms with Crippen LogP contribution in [0.25, 0.3) is 0 Å². The maximum Gasteiger partial charge on any atom is 0.269 e. The summed E-state index contributed by atoms with van der Waals surface area (Å²) in [5.41, 5.74) is 2.64. The summed E-state index contributed by atoms with van der Waals surface area (Å²) in [7, 11) is 0. The Balaban J connectivity index is 2.06. The lowest BCUT2D eigenvalue weighted by atomic mass is 10.1. The van der Waals surface area contributed by atoms with Crippen molar-refractivity contribution < 1.29 is 4.79 Å². The number of carbonyl (C=O) groups is 1. The van der Waals surface area contributed by atoms with Crippen LogP contribution in [0.1, 0.15) is 52.5 Å². The molecule has 2 aromatic rings. The predicted octanol–water partition coefficient (Wildman–Crippen LogP) is 3.10. The number of amides is 1. The lowest BCUT2D eigenvalue weighted by Gasteiger charge is -2.04. The smallest absolute Gasteiger partial charge is 0.269 e. The van der Waals surface area contributed by atoms with Gasteiger partial charge in [0.05, 0.1) is 17.9 Å². The molecular formula is C16H24N4OS. The van der Waals surface area contributed by atoms with Crippen LogP contribution in [0.4, 0.5) is 0 Å². The van der Waals surface area contributed by atoms with Gasteiger partial charge in [-0.15, -0.1) is 11.3 Å². The standard InChI is InChI=1S/C16H24N4OS/c1-6-20-14(8-13(19-20)7-10(2)3)16(21)17-9-15-18-11(4)12(5)22-15/h8,10H,6-7,9H2,1-5H3,(H,17,21). The SMILES string of the molecule is CCn1nc(CC(C)C)cc1C(=O)NCc1nc(C)c(C)s1. The molecule has 0 atom stereocenters. The van der Waals surface area contributed by atoms with E-state index in [-0.39, 0.29) is 5.91 Å². The Hall–Kier alpha value is -1.69. The maximum absolute atomic E-state index is 12.4. The Morgan fingerprint density at radius 1 is 1.41 bits per heavy atom. The molecule has 0 aliphatic rings. The highest BCUT2D eigenvalue weighted by Crippen LogP contribution is 2.16. The average molecular weight is 320 g/mol. The third-order valence-electron chi connectivity index (χ3n) is 3.45. The Morgan fingerprint density at radius 2 is 2.14 bits per heavy atom. The first-order chi connectivity index (χ1) is 10.4. The van der Waals surface area contributed by atoms with Gasteiger partial charge in [0.25, 0.3) is 5.91 Å². The van der Waals surface area contributed by atoms with Crippen molar-refractivity contribution in [3.63, 3.8) is 0 Å². The third kappa shape index (κ3) is 3.94. The molecule has 1 N–H and O–H groups in total. The van der Waals surface area contributed by atoms with Crippen molar-refractivity contribution in [2.75, 3.05) is 0 Å². The van der Waals surface area contributed by atoms with E-state index in [4.69, 9.17) is 0 Å². The summed E-state index contributed by atoms with van der Waals surface area (Å²) in [6.45, 7) is 11.5. The van der Waals surface area contributed by atoms with Gasteiger partial charge in [-0.25, -0.2) is 4.98 Å². The number of rotatable bonds is 6. The highest BCUT2D eigenvalue weighted by Gasteiger charge is 2.15. The van der Waals surface area contributed by atoms with E-state index in [1.807, 2.05) is 26.8 Å². The molecule has 0 fully saturated rings. The molecule has 0 radical (unpaired) electrons. The summed E-state index contributed by atoms with van der Waals surface area (Å²) in [5.74, 6) is 0.437. The van der Waals surface area contributed by atoms with Gasteiger partial charge < -0.3 is 5.32 Å². The van der Waals surface area contributed by atoms with Crippen LogP contribution in [0.3, 0.4) is 0 Å². The maximum atomic E-state index is 12.4. The quantitative estimate of drug-likeness (QED) is 0.889. The first-order valence-corrected chi connectivity index (χ1v) is 8.50. The molecule has 1 amide bonds. The molecule has 2 heterocycles. The lowest BCUT2D eigenvalue weighted by Crippen LogP contribution is -2.25. The first kappa shape index (κ1) is 16.7. The van der Waals surface area contributed by atoms with Crippen molar-refractivity contribution >= 4 is 17.2 Å². The van der Waals surface area contributed by atoms with Crippen molar-refractivity contribution in [3.05, 3.63) is 33.0 Å². The van der Waals surface area contributed by atoms with Gasteiger partial charge in [-0.1, -0.05) is 13.8 Å². The number of aromatic nitrogens is 3. The minimum atomic E-state index is -0.0881. The molecule has 0 aliphatic heterocycles. The van der Waals surface area contributed by atoms with Crippen molar-refractivity contribution in [2.45, 2.75) is 54.1 Å². The van der Waals surface area contributed by atoms with E-state index < -0.39 is 0 Å². The summed E-state index contributed by atoms with van der Waals surface area (Å²) in [6.07, 6.45) is 0.887. The van der Waals surface area contributed by atoms with Crippen molar-refractivity contribution in [1.29, 1.82) is 0 Å². The Labute approximate surface area is 135 Å². The number of thiazole rings is 1. The zero-order valence-corrected chi connectivity index (χ0v) is 14.8. The molecule has 120 valence electrons. The molecular weight excluding hydrogens is 296 g/mol. The van der Waals surface area contributed by atoms with E-state index in [9.17, 15) is 4.79 Å². The molecule has 5 nitrogen and oxygen atoms in total. The minimum Gasteiger partial charge on any atom is -0.344 e. The van der Waals surface area contributed by atoms with Gasteiger partial charge in [0.2, 0.25) is 0 Å². The molecule has 0 spiro atoms. The van der Waals surface area contributed by atoms with Crippen molar-refractivity contribution in [2.24, 2.45) is 5.92 Å². The molecule has 0 saturated heterocycles. The molecule has 22 heavy (non-hydrogen) atoms. The van der Waals surface area contributed by atoms with Crippen LogP contribution >= 0.6 is 11.3 Å². The first-order valence-electron chi connectivity index (χ1n) is 7.68. The monoisotopic (exact) mass is 320 g/mol. The summed E-state index contributed by atoms with van der Waals surface area (Å²) in [5, 5.41) is 8.39. The Morgan fingerprint density at radius 3 is 2.68 bits per heavy atom. The van der Waals surface area contributed by atoms with Gasteiger partial charge in [0, 0.05) is 11.4 Å². The summed E-state index contributed by atoms with van der Waals surface area (Å²) >= 11 is 1.63. The van der Waals surface area contributed by atoms with Crippen LogP contribution in [-0.4, -0.2) is 20.7 Å². The fourth-order valence-electron chi connectivity index (χ4n) is 2.27. The highest BCUT2D eigenvalue weighted by atomic mass is 32.1. The molecule has 0 bridgehead atoms. The zero-order valence-electron chi connectivity index (χ0n) is 13.9. The number of nitrogens with zero attached hydrogens (tertiary/aromatic N) is 3. The fourth-order valence-corrected chi connectivity index (χ4v) is 3.15. The second-order valence-corrected chi connectivity index (χ2v) is 7.15. The van der Waals surface area contributed by atoms with Crippen LogP contribution in [0.15, 0.2) is 6.07 Å². The van der Waals surface area contributed by atoms with Crippen molar-refractivity contribution in [1.82, 2.24) is 20.1 Å². The van der Waals surface area contributed by atoms with Crippen LogP contribution in [0.2, 0.25) is 0 Å². The lowest BCUT2D eigenvalue weighted by molar-refractivity contribution is 0.0940. The van der Waals surface area contributed by atoms with E-state index in [1.165, 1.54) is 4.88 Å². The summed E-state index contributed by atoms with van der Waals surface area (Å²) in [4.78, 5) is 18.0. The number of hydrogen-bond donors (Lipinski definition) is 1. The average Bonchev–Trinajstić information content (AvgIpc) is 2.99. The number of hydrogen-bond acceptors (Lipinski definition) is 4. The van der Waals surface area contributed by atoms with E-state index in [0.29, 0.717) is 24.7 Å². The fraction of sp³-hybridized carbons (Fsp3) is 0.562. The van der Waals surface area contributed by atoms with Gasteiger partial charge in [-0.2, -0.15) is 5.10 Å². The zero-order chi connectivity index (χ0) is 16.3. The minimum absolute atomic E-state index is 0.0881. The van der Waals surface area contributed by atoms with E-state index in [1.54, 1.807) is 16.0 Å². The number of aryl methyl sites for hydroxylation is 3. The predicted molar refractivity (Wildman–Crippen MR) is 89.2 cm³/mol. The molecule has 2 aromatic heterocycles. The van der Waals surface area contributed by atoms with Crippen LogP contribution in [0.5, 0.6) is 0 Å². The normalized spacial score (nSPS) is 11.2. The van der Waals surface area contributed by atoms with E-state index in [2.05, 4.69) is 29.2 Å². The molecule has 6 heteroatoms. The Bertz CT molecular complexity index is 638. The van der Waals surface area contributed by atoms with Crippen LogP contribution in [-0.2, 0) is 19.5 Å². The summed E-state index contributed by atoms with van der Waals surface area (Å²) < 4.78 is 1.77. The van der Waals surface area contributed by atoms with Gasteiger partial charge in [-0.05, 0) is 39.2 Å². The Kier molecular flexibility index (Phi) is 5.34. The molecule has 0 saturated carbocycles.